The van der Waals surface area contributed by atoms with E-state index in [9.17, 15) is 0 Å². The standard InChI is InChI=1S/C15H16N4O/c1-20-19-14-8-11(10-5-3-2-4-6-10)7-13-12(14)9-17-15(16)18-13/h2-6,8-9,11,19H,7H2,1H3,(H2,16,17,18). The Balaban J connectivity index is 2.03. The van der Waals surface area contributed by atoms with Crippen LogP contribution in [-0.2, 0) is 11.3 Å². The van der Waals surface area contributed by atoms with Crippen LogP contribution in [0.15, 0.2) is 42.6 Å². The van der Waals surface area contributed by atoms with Gasteiger partial charge in [0, 0.05) is 24.1 Å². The fourth-order valence-electron chi connectivity index (χ4n) is 2.48. The topological polar surface area (TPSA) is 73.1 Å². The van der Waals surface area contributed by atoms with Gasteiger partial charge in [-0.2, -0.15) is 0 Å². The number of benzene rings is 1. The quantitative estimate of drug-likeness (QED) is 0.832. The molecule has 0 amide bonds. The van der Waals surface area contributed by atoms with Crippen LogP contribution in [0.25, 0.3) is 5.70 Å². The molecule has 20 heavy (non-hydrogen) atoms. The zero-order chi connectivity index (χ0) is 13.9. The van der Waals surface area contributed by atoms with Gasteiger partial charge in [0.15, 0.2) is 0 Å². The lowest BCUT2D eigenvalue weighted by atomic mass is 9.87. The van der Waals surface area contributed by atoms with Crippen molar-refractivity contribution >= 4 is 11.6 Å². The molecule has 0 fully saturated rings. The number of allylic oxidation sites excluding steroid dienone is 1. The Hall–Kier alpha value is -2.40. The van der Waals surface area contributed by atoms with E-state index in [-0.39, 0.29) is 5.92 Å². The van der Waals surface area contributed by atoms with Gasteiger partial charge in [-0.15, -0.1) is 0 Å². The fraction of sp³-hybridized carbons (Fsp3) is 0.200. The molecule has 0 saturated heterocycles. The highest BCUT2D eigenvalue weighted by atomic mass is 16.6. The summed E-state index contributed by atoms with van der Waals surface area (Å²) in [5, 5.41) is 0. The van der Waals surface area contributed by atoms with Crippen LogP contribution >= 0.6 is 0 Å². The van der Waals surface area contributed by atoms with Crippen molar-refractivity contribution in [3.8, 4) is 0 Å². The van der Waals surface area contributed by atoms with Gasteiger partial charge in [-0.1, -0.05) is 36.4 Å². The van der Waals surface area contributed by atoms with Crippen molar-refractivity contribution in [3.05, 3.63) is 59.4 Å². The molecule has 1 atom stereocenters. The van der Waals surface area contributed by atoms with Crippen molar-refractivity contribution < 1.29 is 4.84 Å². The average molecular weight is 268 g/mol. The number of rotatable bonds is 3. The van der Waals surface area contributed by atoms with Gasteiger partial charge in [-0.3, -0.25) is 10.3 Å². The number of anilines is 1. The number of hydrogen-bond acceptors (Lipinski definition) is 5. The van der Waals surface area contributed by atoms with Crippen LogP contribution in [0.5, 0.6) is 0 Å². The lowest BCUT2D eigenvalue weighted by molar-refractivity contribution is 0.136. The van der Waals surface area contributed by atoms with Crippen molar-refractivity contribution in [2.75, 3.05) is 12.8 Å². The highest BCUT2D eigenvalue weighted by Gasteiger charge is 2.22. The maximum absolute atomic E-state index is 5.69. The molecule has 5 heteroatoms. The third kappa shape index (κ3) is 2.35. The van der Waals surface area contributed by atoms with Gasteiger partial charge in [0.2, 0.25) is 5.95 Å². The van der Waals surface area contributed by atoms with Crippen LogP contribution < -0.4 is 11.2 Å². The van der Waals surface area contributed by atoms with E-state index in [1.54, 1.807) is 13.3 Å². The Morgan fingerprint density at radius 3 is 2.85 bits per heavy atom. The van der Waals surface area contributed by atoms with Crippen LogP contribution in [0.3, 0.4) is 0 Å². The van der Waals surface area contributed by atoms with Crippen molar-refractivity contribution in [2.45, 2.75) is 12.3 Å². The second-order valence-corrected chi connectivity index (χ2v) is 4.70. The predicted octanol–water partition coefficient (Wildman–Crippen LogP) is 1.89. The minimum atomic E-state index is 0.246. The van der Waals surface area contributed by atoms with Gasteiger partial charge in [-0.05, 0) is 5.56 Å². The average Bonchev–Trinajstić information content (AvgIpc) is 2.48. The summed E-state index contributed by atoms with van der Waals surface area (Å²) < 4.78 is 0. The molecule has 0 radical (unpaired) electrons. The maximum atomic E-state index is 5.69. The molecule has 0 saturated carbocycles. The van der Waals surface area contributed by atoms with Crippen LogP contribution in [-0.4, -0.2) is 17.1 Å². The summed E-state index contributed by atoms with van der Waals surface area (Å²) in [6.45, 7) is 0. The molecule has 0 bridgehead atoms. The normalized spacial score (nSPS) is 17.2. The summed E-state index contributed by atoms with van der Waals surface area (Å²) in [5.41, 5.74) is 12.6. The first kappa shape index (κ1) is 12.6. The van der Waals surface area contributed by atoms with E-state index in [1.807, 2.05) is 18.2 Å². The number of hydroxylamine groups is 1. The Morgan fingerprint density at radius 1 is 1.30 bits per heavy atom. The SMILES string of the molecule is CONC1=CC(c2ccccc2)Cc2nc(N)ncc21. The molecule has 1 aliphatic carbocycles. The Bertz CT molecular complexity index is 640. The number of hydrogen-bond donors (Lipinski definition) is 2. The van der Waals surface area contributed by atoms with E-state index in [0.29, 0.717) is 5.95 Å². The number of nitrogens with one attached hydrogen (secondary N) is 1. The summed E-state index contributed by atoms with van der Waals surface area (Å²) in [7, 11) is 1.59. The van der Waals surface area contributed by atoms with E-state index in [1.165, 1.54) is 5.56 Å². The molecular weight excluding hydrogens is 252 g/mol. The third-order valence-electron chi connectivity index (χ3n) is 3.40. The highest BCUT2D eigenvalue weighted by molar-refractivity contribution is 5.68. The number of fused-ring (bicyclic) bond motifs is 1. The van der Waals surface area contributed by atoms with Crippen molar-refractivity contribution in [3.63, 3.8) is 0 Å². The molecule has 1 unspecified atom stereocenters. The van der Waals surface area contributed by atoms with Crippen LogP contribution in [0.4, 0.5) is 5.95 Å². The molecule has 1 aliphatic rings. The molecule has 0 aliphatic heterocycles. The fourth-order valence-corrected chi connectivity index (χ4v) is 2.48. The lowest BCUT2D eigenvalue weighted by Crippen LogP contribution is -2.20. The van der Waals surface area contributed by atoms with E-state index in [4.69, 9.17) is 10.6 Å². The molecule has 3 N–H and O–H groups in total. The zero-order valence-corrected chi connectivity index (χ0v) is 11.2. The summed E-state index contributed by atoms with van der Waals surface area (Å²) >= 11 is 0. The minimum absolute atomic E-state index is 0.246. The lowest BCUT2D eigenvalue weighted by Gasteiger charge is -2.23. The van der Waals surface area contributed by atoms with Crippen LogP contribution in [0.2, 0.25) is 0 Å². The number of nitrogens with zero attached hydrogens (tertiary/aromatic N) is 2. The van der Waals surface area contributed by atoms with E-state index in [0.717, 1.165) is 23.4 Å². The molecule has 1 aromatic carbocycles. The largest absolute Gasteiger partial charge is 0.368 e. The van der Waals surface area contributed by atoms with Crippen LogP contribution in [0, 0.1) is 0 Å². The summed E-state index contributed by atoms with van der Waals surface area (Å²) in [6.07, 6.45) is 4.68. The number of nitrogen functional groups attached to an aromatic ring is 1. The molecule has 102 valence electrons. The van der Waals surface area contributed by atoms with E-state index < -0.39 is 0 Å². The first-order valence-corrected chi connectivity index (χ1v) is 6.45. The van der Waals surface area contributed by atoms with Crippen molar-refractivity contribution in [1.82, 2.24) is 15.4 Å². The van der Waals surface area contributed by atoms with Gasteiger partial charge >= 0.3 is 0 Å². The maximum Gasteiger partial charge on any atom is 0.220 e. The Kier molecular flexibility index (Phi) is 3.35. The number of aromatic nitrogens is 2. The van der Waals surface area contributed by atoms with E-state index >= 15 is 0 Å². The first-order valence-electron chi connectivity index (χ1n) is 6.45. The van der Waals surface area contributed by atoms with Crippen molar-refractivity contribution in [2.24, 2.45) is 0 Å². The molecular formula is C15H16N4O. The van der Waals surface area contributed by atoms with Gasteiger partial charge < -0.3 is 5.73 Å². The monoisotopic (exact) mass is 268 g/mol. The molecule has 3 rings (SSSR count). The van der Waals surface area contributed by atoms with Gasteiger partial charge in [0.05, 0.1) is 18.5 Å². The minimum Gasteiger partial charge on any atom is -0.368 e. The summed E-state index contributed by atoms with van der Waals surface area (Å²) in [6, 6.07) is 10.3. The molecule has 1 heterocycles. The van der Waals surface area contributed by atoms with Crippen LogP contribution in [0.1, 0.15) is 22.7 Å². The summed E-state index contributed by atoms with van der Waals surface area (Å²) in [4.78, 5) is 13.5. The highest BCUT2D eigenvalue weighted by Crippen LogP contribution is 2.32. The molecule has 5 nitrogen and oxygen atoms in total. The van der Waals surface area contributed by atoms with Gasteiger partial charge in [0.1, 0.15) is 0 Å². The Labute approximate surface area is 117 Å². The second-order valence-electron chi connectivity index (χ2n) is 4.70. The third-order valence-corrected chi connectivity index (χ3v) is 3.40. The zero-order valence-electron chi connectivity index (χ0n) is 11.2. The first-order chi connectivity index (χ1) is 9.78. The second kappa shape index (κ2) is 5.30. The molecule has 2 aromatic rings. The number of nitrogens with two attached hydrogens (primary N) is 1. The predicted molar refractivity (Wildman–Crippen MR) is 77.5 cm³/mol. The summed E-state index contributed by atoms with van der Waals surface area (Å²) in [5.74, 6) is 0.546. The van der Waals surface area contributed by atoms with Gasteiger partial charge in [0.25, 0.3) is 0 Å². The molecule has 1 aromatic heterocycles. The smallest absolute Gasteiger partial charge is 0.220 e. The molecule has 0 spiro atoms. The Morgan fingerprint density at radius 2 is 2.10 bits per heavy atom. The van der Waals surface area contributed by atoms with Gasteiger partial charge in [-0.25, -0.2) is 9.97 Å². The van der Waals surface area contributed by atoms with Crippen molar-refractivity contribution in [1.29, 1.82) is 0 Å². The van der Waals surface area contributed by atoms with E-state index in [2.05, 4.69) is 33.7 Å².